The average Bonchev–Trinajstić information content (AvgIpc) is 3.19. The summed E-state index contributed by atoms with van der Waals surface area (Å²) in [6, 6.07) is 10.8. The van der Waals surface area contributed by atoms with Crippen LogP contribution in [0.15, 0.2) is 42.5 Å². The molecular weight excluding hydrogens is 423 g/mol. The number of halogens is 3. The first kappa shape index (κ1) is 22.1. The van der Waals surface area contributed by atoms with Crippen LogP contribution in [-0.2, 0) is 11.0 Å². The molecule has 4 rings (SSSR count). The molecule has 1 aliphatic heterocycles. The number of carbonyl (C=O) groups excluding carboxylic acids is 1. The molecule has 0 unspecified atom stereocenters. The number of amides is 1. The largest absolute Gasteiger partial charge is 0.494 e. The number of nitrogens with zero attached hydrogens (tertiary/aromatic N) is 4. The normalized spacial score (nSPS) is 15.8. The molecule has 10 heteroatoms. The fourth-order valence-corrected chi connectivity index (χ4v) is 3.91. The molecule has 170 valence electrons. The predicted molar refractivity (Wildman–Crippen MR) is 113 cm³/mol. The molecule has 1 amide bonds. The number of ether oxygens (including phenoxy) is 1. The maximum Gasteiger partial charge on any atom is 0.416 e. The van der Waals surface area contributed by atoms with Gasteiger partial charge >= 0.3 is 6.18 Å². The summed E-state index contributed by atoms with van der Waals surface area (Å²) in [7, 11) is 0. The van der Waals surface area contributed by atoms with Crippen LogP contribution in [0.25, 0.3) is 11.0 Å². The summed E-state index contributed by atoms with van der Waals surface area (Å²) in [6.45, 7) is 4.13. The SMILES string of the molecule is CCOc1ccc(NC(=O)CN2CCC(n3nnc4cc(C(F)(F)F)ccc43)CC2)cc1. The number of hydrogen-bond acceptors (Lipinski definition) is 5. The second-order valence-electron chi connectivity index (χ2n) is 7.75. The Balaban J connectivity index is 1.31. The summed E-state index contributed by atoms with van der Waals surface area (Å²) in [5.74, 6) is 0.654. The van der Waals surface area contributed by atoms with Crippen LogP contribution >= 0.6 is 0 Å². The molecule has 0 atom stereocenters. The minimum atomic E-state index is -4.41. The molecule has 1 aliphatic rings. The zero-order valence-corrected chi connectivity index (χ0v) is 17.6. The second-order valence-corrected chi connectivity index (χ2v) is 7.75. The Kier molecular flexibility index (Phi) is 6.31. The molecular formula is C22H24F3N5O2. The summed E-state index contributed by atoms with van der Waals surface area (Å²) >= 11 is 0. The van der Waals surface area contributed by atoms with Crippen molar-refractivity contribution in [2.45, 2.75) is 32.0 Å². The zero-order valence-electron chi connectivity index (χ0n) is 17.6. The van der Waals surface area contributed by atoms with Crippen LogP contribution in [0.2, 0.25) is 0 Å². The van der Waals surface area contributed by atoms with E-state index in [0.717, 1.165) is 30.7 Å². The quantitative estimate of drug-likeness (QED) is 0.615. The van der Waals surface area contributed by atoms with Gasteiger partial charge in [-0.05, 0) is 62.2 Å². The van der Waals surface area contributed by atoms with Gasteiger partial charge in [0.15, 0.2) is 0 Å². The number of fused-ring (bicyclic) bond motifs is 1. The van der Waals surface area contributed by atoms with Crippen molar-refractivity contribution in [3.63, 3.8) is 0 Å². The first-order chi connectivity index (χ1) is 15.3. The lowest BCUT2D eigenvalue weighted by Crippen LogP contribution is -2.39. The molecule has 1 saturated heterocycles. The van der Waals surface area contributed by atoms with E-state index in [2.05, 4.69) is 20.5 Å². The van der Waals surface area contributed by atoms with E-state index in [4.69, 9.17) is 4.74 Å². The molecule has 0 spiro atoms. The van der Waals surface area contributed by atoms with Crippen LogP contribution in [0, 0.1) is 0 Å². The molecule has 1 N–H and O–H groups in total. The highest BCUT2D eigenvalue weighted by Gasteiger charge is 2.31. The number of benzene rings is 2. The van der Waals surface area contributed by atoms with Crippen molar-refractivity contribution in [1.82, 2.24) is 19.9 Å². The van der Waals surface area contributed by atoms with E-state index in [1.165, 1.54) is 6.07 Å². The van der Waals surface area contributed by atoms with Crippen molar-refractivity contribution in [2.75, 3.05) is 31.6 Å². The standard InChI is InChI=1S/C22H24F3N5O2/c1-2-32-18-6-4-16(5-7-18)26-21(31)14-29-11-9-17(10-12-29)30-20-8-3-15(22(23,24)25)13-19(20)27-28-30/h3-8,13,17H,2,9-12,14H2,1H3,(H,26,31). The van der Waals surface area contributed by atoms with Crippen LogP contribution in [0.4, 0.5) is 18.9 Å². The molecule has 3 aromatic rings. The Morgan fingerprint density at radius 2 is 1.88 bits per heavy atom. The van der Waals surface area contributed by atoms with Crippen molar-refractivity contribution in [3.8, 4) is 5.75 Å². The maximum absolute atomic E-state index is 12.9. The highest BCUT2D eigenvalue weighted by Crippen LogP contribution is 2.32. The lowest BCUT2D eigenvalue weighted by atomic mass is 10.0. The molecule has 2 heterocycles. The Hall–Kier alpha value is -3.14. The van der Waals surface area contributed by atoms with Gasteiger partial charge in [-0.15, -0.1) is 5.10 Å². The van der Waals surface area contributed by atoms with Crippen molar-refractivity contribution in [1.29, 1.82) is 0 Å². The molecule has 1 fully saturated rings. The van der Waals surface area contributed by atoms with E-state index in [1.807, 2.05) is 19.1 Å². The van der Waals surface area contributed by atoms with Crippen molar-refractivity contribution >= 4 is 22.6 Å². The molecule has 1 aromatic heterocycles. The molecule has 2 aromatic carbocycles. The van der Waals surface area contributed by atoms with Gasteiger partial charge < -0.3 is 10.1 Å². The van der Waals surface area contributed by atoms with Crippen molar-refractivity contribution in [3.05, 3.63) is 48.0 Å². The molecule has 0 radical (unpaired) electrons. The number of hydrogen-bond donors (Lipinski definition) is 1. The Morgan fingerprint density at radius 3 is 2.53 bits per heavy atom. The highest BCUT2D eigenvalue weighted by atomic mass is 19.4. The average molecular weight is 447 g/mol. The van der Waals surface area contributed by atoms with Gasteiger partial charge in [-0.3, -0.25) is 9.69 Å². The number of carbonyl (C=O) groups is 1. The van der Waals surface area contributed by atoms with Gasteiger partial charge in [0.05, 0.1) is 30.3 Å². The van der Waals surface area contributed by atoms with E-state index >= 15 is 0 Å². The summed E-state index contributed by atoms with van der Waals surface area (Å²) in [5, 5.41) is 10.9. The van der Waals surface area contributed by atoms with Gasteiger partial charge in [-0.25, -0.2) is 4.68 Å². The van der Waals surface area contributed by atoms with E-state index in [1.54, 1.807) is 16.8 Å². The number of likely N-dealkylation sites (tertiary alicyclic amines) is 1. The third kappa shape index (κ3) is 5.01. The van der Waals surface area contributed by atoms with Gasteiger partial charge in [0, 0.05) is 18.8 Å². The predicted octanol–water partition coefficient (Wildman–Crippen LogP) is 4.12. The van der Waals surface area contributed by atoms with Gasteiger partial charge in [0.25, 0.3) is 0 Å². The van der Waals surface area contributed by atoms with Crippen LogP contribution < -0.4 is 10.1 Å². The Labute approximate surface area is 183 Å². The van der Waals surface area contributed by atoms with Crippen LogP contribution in [0.3, 0.4) is 0 Å². The summed E-state index contributed by atoms with van der Waals surface area (Å²) < 4.78 is 45.8. The number of anilines is 1. The van der Waals surface area contributed by atoms with Crippen LogP contribution in [0.5, 0.6) is 5.75 Å². The monoisotopic (exact) mass is 447 g/mol. The smallest absolute Gasteiger partial charge is 0.416 e. The minimum Gasteiger partial charge on any atom is -0.494 e. The third-order valence-electron chi connectivity index (χ3n) is 5.52. The van der Waals surface area contributed by atoms with Crippen LogP contribution in [-0.4, -0.2) is 52.0 Å². The maximum atomic E-state index is 12.9. The fraction of sp³-hybridized carbons (Fsp3) is 0.409. The number of rotatable bonds is 6. The van der Waals surface area contributed by atoms with Crippen molar-refractivity contribution in [2.24, 2.45) is 0 Å². The van der Waals surface area contributed by atoms with Gasteiger partial charge in [-0.1, -0.05) is 5.21 Å². The van der Waals surface area contributed by atoms with Gasteiger partial charge in [-0.2, -0.15) is 13.2 Å². The molecule has 7 nitrogen and oxygen atoms in total. The Morgan fingerprint density at radius 1 is 1.16 bits per heavy atom. The number of aromatic nitrogens is 3. The second kappa shape index (κ2) is 9.15. The summed E-state index contributed by atoms with van der Waals surface area (Å²) in [4.78, 5) is 14.4. The van der Waals surface area contributed by atoms with E-state index in [0.29, 0.717) is 30.9 Å². The fourth-order valence-electron chi connectivity index (χ4n) is 3.91. The van der Waals surface area contributed by atoms with Crippen LogP contribution in [0.1, 0.15) is 31.4 Å². The first-order valence-electron chi connectivity index (χ1n) is 10.5. The van der Waals surface area contributed by atoms with Crippen molar-refractivity contribution < 1.29 is 22.7 Å². The molecule has 0 bridgehead atoms. The zero-order chi connectivity index (χ0) is 22.7. The molecule has 0 saturated carbocycles. The topological polar surface area (TPSA) is 72.3 Å². The highest BCUT2D eigenvalue weighted by molar-refractivity contribution is 5.92. The van der Waals surface area contributed by atoms with Gasteiger partial charge in [0.1, 0.15) is 11.3 Å². The molecule has 0 aliphatic carbocycles. The number of piperidine rings is 1. The lowest BCUT2D eigenvalue weighted by Gasteiger charge is -2.31. The van der Waals surface area contributed by atoms with E-state index in [-0.39, 0.29) is 24.0 Å². The third-order valence-corrected chi connectivity index (χ3v) is 5.52. The Bertz CT molecular complexity index is 1070. The van der Waals surface area contributed by atoms with E-state index < -0.39 is 11.7 Å². The summed E-state index contributed by atoms with van der Waals surface area (Å²) in [6.07, 6.45) is -2.94. The van der Waals surface area contributed by atoms with Gasteiger partial charge in [0.2, 0.25) is 5.91 Å². The van der Waals surface area contributed by atoms with E-state index in [9.17, 15) is 18.0 Å². The minimum absolute atomic E-state index is 0.0298. The summed E-state index contributed by atoms with van der Waals surface area (Å²) in [5.41, 5.74) is 0.799. The lowest BCUT2D eigenvalue weighted by molar-refractivity contribution is -0.137. The first-order valence-corrected chi connectivity index (χ1v) is 10.5. The molecule has 32 heavy (non-hydrogen) atoms. The number of nitrogens with one attached hydrogen (secondary N) is 1. The number of alkyl halides is 3.